The second-order valence-electron chi connectivity index (χ2n) is 5.42. The van der Waals surface area contributed by atoms with Crippen LogP contribution in [0.2, 0.25) is 0 Å². The first-order valence-electron chi connectivity index (χ1n) is 7.27. The van der Waals surface area contributed by atoms with Gasteiger partial charge in [0.25, 0.3) is 5.56 Å². The predicted octanol–water partition coefficient (Wildman–Crippen LogP) is 1.10. The van der Waals surface area contributed by atoms with E-state index in [1.165, 1.54) is 10.2 Å². The maximum absolute atomic E-state index is 11.7. The molecule has 1 fully saturated rings. The van der Waals surface area contributed by atoms with E-state index in [2.05, 4.69) is 39.2 Å². The summed E-state index contributed by atoms with van der Waals surface area (Å²) in [5.41, 5.74) is 2.22. The Kier molecular flexibility index (Phi) is 4.01. The second-order valence-corrected chi connectivity index (χ2v) is 5.42. The minimum absolute atomic E-state index is 0.0563. The van der Waals surface area contributed by atoms with E-state index < -0.39 is 0 Å². The molecule has 1 aromatic heterocycles. The van der Waals surface area contributed by atoms with Crippen molar-refractivity contribution in [3.05, 3.63) is 58.5 Å². The highest BCUT2D eigenvalue weighted by atomic mass is 16.1. The van der Waals surface area contributed by atoms with Gasteiger partial charge in [-0.3, -0.25) is 9.69 Å². The molecule has 1 saturated heterocycles. The van der Waals surface area contributed by atoms with Crippen LogP contribution in [-0.2, 0) is 13.6 Å². The van der Waals surface area contributed by atoms with Gasteiger partial charge >= 0.3 is 0 Å². The zero-order valence-corrected chi connectivity index (χ0v) is 12.3. The maximum atomic E-state index is 11.7. The SMILES string of the molecule is Cn1ncc(N2CCN(Cc3ccccc3)CC2)cc1=O. The van der Waals surface area contributed by atoms with E-state index in [-0.39, 0.29) is 5.56 Å². The molecular weight excluding hydrogens is 264 g/mol. The Morgan fingerprint density at radius 3 is 2.48 bits per heavy atom. The molecule has 3 rings (SSSR count). The molecule has 0 atom stereocenters. The van der Waals surface area contributed by atoms with E-state index in [9.17, 15) is 4.79 Å². The van der Waals surface area contributed by atoms with Crippen molar-refractivity contribution in [2.75, 3.05) is 31.1 Å². The maximum Gasteiger partial charge on any atom is 0.268 e. The lowest BCUT2D eigenvalue weighted by atomic mass is 10.2. The topological polar surface area (TPSA) is 41.4 Å². The average Bonchev–Trinajstić information content (AvgIpc) is 2.52. The van der Waals surface area contributed by atoms with Gasteiger partial charge in [0.05, 0.1) is 11.9 Å². The molecule has 0 saturated carbocycles. The van der Waals surface area contributed by atoms with E-state index in [0.717, 1.165) is 38.4 Å². The number of hydrogen-bond donors (Lipinski definition) is 0. The fourth-order valence-corrected chi connectivity index (χ4v) is 2.64. The molecule has 5 nitrogen and oxygen atoms in total. The molecule has 5 heteroatoms. The van der Waals surface area contributed by atoms with Crippen molar-refractivity contribution in [3.63, 3.8) is 0 Å². The van der Waals surface area contributed by atoms with Gasteiger partial charge in [-0.1, -0.05) is 30.3 Å². The van der Waals surface area contributed by atoms with Gasteiger partial charge in [0.15, 0.2) is 0 Å². The van der Waals surface area contributed by atoms with Crippen LogP contribution >= 0.6 is 0 Å². The summed E-state index contributed by atoms with van der Waals surface area (Å²) >= 11 is 0. The van der Waals surface area contributed by atoms with Crippen LogP contribution in [0.15, 0.2) is 47.4 Å². The first-order valence-corrected chi connectivity index (χ1v) is 7.27. The smallest absolute Gasteiger partial charge is 0.268 e. The fraction of sp³-hybridized carbons (Fsp3) is 0.375. The molecular formula is C16H20N4O. The molecule has 0 N–H and O–H groups in total. The Bertz CT molecular complexity index is 645. The van der Waals surface area contributed by atoms with Gasteiger partial charge in [0.2, 0.25) is 0 Å². The predicted molar refractivity (Wildman–Crippen MR) is 83.4 cm³/mol. The highest BCUT2D eigenvalue weighted by molar-refractivity contribution is 5.43. The molecule has 0 unspecified atom stereocenters. The number of nitrogens with zero attached hydrogens (tertiary/aromatic N) is 4. The summed E-state index contributed by atoms with van der Waals surface area (Å²) in [5.74, 6) is 0. The van der Waals surface area contributed by atoms with E-state index in [4.69, 9.17) is 0 Å². The fourth-order valence-electron chi connectivity index (χ4n) is 2.64. The molecule has 21 heavy (non-hydrogen) atoms. The van der Waals surface area contributed by atoms with E-state index in [0.29, 0.717) is 0 Å². The Morgan fingerprint density at radius 2 is 1.81 bits per heavy atom. The lowest BCUT2D eigenvalue weighted by Gasteiger charge is -2.35. The minimum Gasteiger partial charge on any atom is -0.368 e. The summed E-state index contributed by atoms with van der Waals surface area (Å²) in [6.45, 7) is 4.86. The second kappa shape index (κ2) is 6.10. The number of anilines is 1. The number of piperazine rings is 1. The number of aromatic nitrogens is 2. The van der Waals surface area contributed by atoms with E-state index in [1.807, 2.05) is 6.07 Å². The van der Waals surface area contributed by atoms with Gasteiger partial charge in [0.1, 0.15) is 0 Å². The largest absolute Gasteiger partial charge is 0.368 e. The van der Waals surface area contributed by atoms with Crippen LogP contribution in [0.1, 0.15) is 5.56 Å². The van der Waals surface area contributed by atoms with Crippen molar-refractivity contribution in [2.24, 2.45) is 7.05 Å². The Balaban J connectivity index is 1.60. The third kappa shape index (κ3) is 3.31. The summed E-state index contributed by atoms with van der Waals surface area (Å²) in [6.07, 6.45) is 1.77. The summed E-state index contributed by atoms with van der Waals surface area (Å²) in [4.78, 5) is 16.3. The Labute approximate surface area is 124 Å². The first-order chi connectivity index (χ1) is 10.2. The zero-order valence-electron chi connectivity index (χ0n) is 12.3. The summed E-state index contributed by atoms with van der Waals surface area (Å²) in [7, 11) is 1.67. The lowest BCUT2D eigenvalue weighted by molar-refractivity contribution is 0.250. The third-order valence-corrected chi connectivity index (χ3v) is 3.94. The number of rotatable bonds is 3. The van der Waals surface area contributed by atoms with Crippen molar-refractivity contribution in [3.8, 4) is 0 Å². The normalized spacial score (nSPS) is 16.1. The molecule has 2 heterocycles. The Morgan fingerprint density at radius 1 is 1.10 bits per heavy atom. The first kappa shape index (κ1) is 13.8. The molecule has 2 aromatic rings. The molecule has 0 amide bonds. The number of benzene rings is 1. The quantitative estimate of drug-likeness (QED) is 0.846. The highest BCUT2D eigenvalue weighted by Crippen LogP contribution is 2.14. The molecule has 0 aliphatic carbocycles. The monoisotopic (exact) mass is 284 g/mol. The molecule has 1 aliphatic rings. The van der Waals surface area contributed by atoms with E-state index >= 15 is 0 Å². The van der Waals surface area contributed by atoms with Crippen molar-refractivity contribution >= 4 is 5.69 Å². The number of hydrogen-bond acceptors (Lipinski definition) is 4. The van der Waals surface area contributed by atoms with Crippen LogP contribution in [0.3, 0.4) is 0 Å². The standard InChI is InChI=1S/C16H20N4O/c1-18-16(21)11-15(12-17-18)20-9-7-19(8-10-20)13-14-5-3-2-4-6-14/h2-6,11-12H,7-10,13H2,1H3. The third-order valence-electron chi connectivity index (χ3n) is 3.94. The summed E-state index contributed by atoms with van der Waals surface area (Å²) < 4.78 is 1.36. The van der Waals surface area contributed by atoms with Crippen LogP contribution in [0, 0.1) is 0 Å². The van der Waals surface area contributed by atoms with Crippen LogP contribution in [0.25, 0.3) is 0 Å². The van der Waals surface area contributed by atoms with Gasteiger partial charge in [-0.2, -0.15) is 5.10 Å². The van der Waals surface area contributed by atoms with E-state index in [1.54, 1.807) is 19.3 Å². The molecule has 0 radical (unpaired) electrons. The highest BCUT2D eigenvalue weighted by Gasteiger charge is 2.17. The van der Waals surface area contributed by atoms with Crippen LogP contribution < -0.4 is 10.5 Å². The molecule has 1 aromatic carbocycles. The van der Waals surface area contributed by atoms with Gasteiger partial charge in [-0.05, 0) is 5.56 Å². The van der Waals surface area contributed by atoms with Gasteiger partial charge < -0.3 is 4.90 Å². The zero-order chi connectivity index (χ0) is 14.7. The van der Waals surface area contributed by atoms with Crippen molar-refractivity contribution in [1.29, 1.82) is 0 Å². The molecule has 110 valence electrons. The van der Waals surface area contributed by atoms with Crippen LogP contribution in [-0.4, -0.2) is 40.9 Å². The summed E-state index contributed by atoms with van der Waals surface area (Å²) in [6, 6.07) is 12.2. The van der Waals surface area contributed by atoms with Crippen molar-refractivity contribution in [2.45, 2.75) is 6.54 Å². The lowest BCUT2D eigenvalue weighted by Crippen LogP contribution is -2.46. The molecule has 0 spiro atoms. The summed E-state index contributed by atoms with van der Waals surface area (Å²) in [5, 5.41) is 4.09. The van der Waals surface area contributed by atoms with Crippen molar-refractivity contribution in [1.82, 2.24) is 14.7 Å². The molecule has 1 aliphatic heterocycles. The van der Waals surface area contributed by atoms with Gasteiger partial charge in [-0.15, -0.1) is 0 Å². The molecule has 0 bridgehead atoms. The van der Waals surface area contributed by atoms with Crippen LogP contribution in [0.4, 0.5) is 5.69 Å². The average molecular weight is 284 g/mol. The van der Waals surface area contributed by atoms with Gasteiger partial charge in [0, 0.05) is 45.8 Å². The minimum atomic E-state index is -0.0563. The van der Waals surface area contributed by atoms with Gasteiger partial charge in [-0.25, -0.2) is 4.68 Å². The van der Waals surface area contributed by atoms with Crippen molar-refractivity contribution < 1.29 is 0 Å². The number of aryl methyl sites for hydroxylation is 1. The van der Waals surface area contributed by atoms with Crippen LogP contribution in [0.5, 0.6) is 0 Å². The Hall–Kier alpha value is -2.14.